The number of hydrogen-bond acceptors (Lipinski definition) is 2. The van der Waals surface area contributed by atoms with Crippen LogP contribution >= 0.6 is 0 Å². The molecule has 0 aliphatic heterocycles. The number of benzene rings is 11. The van der Waals surface area contributed by atoms with E-state index in [-0.39, 0.29) is 10.8 Å². The van der Waals surface area contributed by atoms with Crippen molar-refractivity contribution < 1.29 is 0 Å². The van der Waals surface area contributed by atoms with E-state index in [0.717, 1.165) is 27.8 Å². The first-order valence-corrected chi connectivity index (χ1v) is 27.5. The highest BCUT2D eigenvalue weighted by atomic mass is 15.0. The molecule has 4 heterocycles. The molecule has 0 N–H and O–H groups in total. The first-order valence-electron chi connectivity index (χ1n) is 27.5. The normalized spacial score (nSPS) is 14.0. The second kappa shape index (κ2) is 15.9. The fraction of sp³-hybridized carbons (Fsp3) is 0.0811. The molecule has 17 rings (SSSR count). The highest BCUT2D eigenvalue weighted by Crippen LogP contribution is 2.52. The molecule has 79 heavy (non-hydrogen) atoms. The van der Waals surface area contributed by atoms with Crippen molar-refractivity contribution in [2.45, 2.75) is 38.5 Å². The number of para-hydroxylation sites is 2. The average Bonchev–Trinajstić information content (AvgIpc) is 4.31. The second-order valence-electron chi connectivity index (χ2n) is 23.0. The maximum atomic E-state index is 4.74. The molecule has 372 valence electrons. The summed E-state index contributed by atoms with van der Waals surface area (Å²) in [5, 5.41) is 7.34. The smallest absolute Gasteiger partial charge is 0.0907 e. The molecule has 5 nitrogen and oxygen atoms in total. The lowest BCUT2D eigenvalue weighted by atomic mass is 9.82. The van der Waals surface area contributed by atoms with Gasteiger partial charge in [0.25, 0.3) is 0 Å². The van der Waals surface area contributed by atoms with Crippen LogP contribution in [0.15, 0.2) is 237 Å². The minimum Gasteiger partial charge on any atom is -0.309 e. The zero-order valence-electron chi connectivity index (χ0n) is 44.3. The minimum absolute atomic E-state index is 0.0935. The highest BCUT2D eigenvalue weighted by Gasteiger charge is 2.37. The molecule has 4 aromatic heterocycles. The van der Waals surface area contributed by atoms with E-state index in [1.54, 1.807) is 12.4 Å². The molecule has 15 aromatic rings. The minimum atomic E-state index is -0.0935. The maximum absolute atomic E-state index is 4.74. The van der Waals surface area contributed by atoms with Crippen LogP contribution in [0.4, 0.5) is 0 Å². The van der Waals surface area contributed by atoms with Gasteiger partial charge >= 0.3 is 0 Å². The summed E-state index contributed by atoms with van der Waals surface area (Å²) in [6, 6.07) is 84.2. The highest BCUT2D eigenvalue weighted by molar-refractivity contribution is 6.15. The van der Waals surface area contributed by atoms with Gasteiger partial charge in [-0.2, -0.15) is 0 Å². The molecular weight excluding hydrogens is 959 g/mol. The van der Waals surface area contributed by atoms with Crippen molar-refractivity contribution in [1.82, 2.24) is 23.7 Å². The number of rotatable bonds is 5. The zero-order chi connectivity index (χ0) is 52.5. The number of nitrogens with zero attached hydrogens (tertiary/aromatic N) is 5. The van der Waals surface area contributed by atoms with Crippen LogP contribution < -0.4 is 0 Å². The molecule has 0 unspecified atom stereocenters. The van der Waals surface area contributed by atoms with Crippen molar-refractivity contribution in [3.8, 4) is 61.6 Å². The predicted molar refractivity (Wildman–Crippen MR) is 329 cm³/mol. The van der Waals surface area contributed by atoms with Crippen LogP contribution in [-0.2, 0) is 10.8 Å². The molecule has 11 aromatic carbocycles. The van der Waals surface area contributed by atoms with Crippen LogP contribution in [0.5, 0.6) is 0 Å². The second-order valence-corrected chi connectivity index (χ2v) is 23.0. The van der Waals surface area contributed by atoms with Gasteiger partial charge in [0.1, 0.15) is 0 Å². The van der Waals surface area contributed by atoms with Gasteiger partial charge in [0.05, 0.1) is 44.1 Å². The summed E-state index contributed by atoms with van der Waals surface area (Å²) in [4.78, 5) is 9.35. The molecule has 5 heteroatoms. The van der Waals surface area contributed by atoms with Gasteiger partial charge in [-0.15, -0.1) is 0 Å². The van der Waals surface area contributed by atoms with Crippen LogP contribution in [0.2, 0.25) is 0 Å². The van der Waals surface area contributed by atoms with Crippen molar-refractivity contribution in [3.63, 3.8) is 0 Å². The number of fused-ring (bicyclic) bond motifs is 16. The third-order valence-electron chi connectivity index (χ3n) is 18.1. The quantitative estimate of drug-likeness (QED) is 0.172. The van der Waals surface area contributed by atoms with Crippen LogP contribution in [0.1, 0.15) is 49.9 Å². The van der Waals surface area contributed by atoms with Gasteiger partial charge in [-0.1, -0.05) is 149 Å². The van der Waals surface area contributed by atoms with Gasteiger partial charge in [0, 0.05) is 72.6 Å². The molecule has 0 amide bonds. The molecule has 2 aliphatic carbocycles. The molecule has 0 atom stereocenters. The van der Waals surface area contributed by atoms with Crippen LogP contribution in [0.25, 0.3) is 138 Å². The van der Waals surface area contributed by atoms with Crippen molar-refractivity contribution in [1.29, 1.82) is 0 Å². The number of aromatic nitrogens is 5. The van der Waals surface area contributed by atoms with E-state index in [1.807, 2.05) is 0 Å². The SMILES string of the molecule is CC1(C)c2ccccc2-c2ccc(-n3c4ccccc4c4cc(-c5ccc6c(c5)c5cc(-c7ccc8c(c7)c7ccccc7n8-c7ccc8c(c7)C(C)(C)c7ccccc7-8)ccc5n6-c5ccc6nccnc6c5)ccc43)cc21. The fourth-order valence-corrected chi connectivity index (χ4v) is 14.3. The van der Waals surface area contributed by atoms with Gasteiger partial charge < -0.3 is 13.7 Å². The van der Waals surface area contributed by atoms with Gasteiger partial charge in [0.15, 0.2) is 0 Å². The number of hydrogen-bond donors (Lipinski definition) is 0. The lowest BCUT2D eigenvalue weighted by Crippen LogP contribution is -2.15. The van der Waals surface area contributed by atoms with Crippen molar-refractivity contribution in [2.24, 2.45) is 0 Å². The Labute approximate surface area is 456 Å². The van der Waals surface area contributed by atoms with Gasteiger partial charge in [-0.05, 0) is 170 Å². The summed E-state index contributed by atoms with van der Waals surface area (Å²) in [7, 11) is 0. The average molecular weight is 1010 g/mol. The summed E-state index contributed by atoms with van der Waals surface area (Å²) in [5.41, 5.74) is 27.6. The van der Waals surface area contributed by atoms with Crippen molar-refractivity contribution >= 4 is 76.5 Å². The lowest BCUT2D eigenvalue weighted by molar-refractivity contribution is 0.660. The first kappa shape index (κ1) is 44.3. The predicted octanol–water partition coefficient (Wildman–Crippen LogP) is 18.9. The van der Waals surface area contributed by atoms with E-state index in [4.69, 9.17) is 4.98 Å². The molecular formula is C74H51N5. The Morgan fingerprint density at radius 2 is 0.608 bits per heavy atom. The topological polar surface area (TPSA) is 40.6 Å². The molecule has 2 aliphatic rings. The molecule has 0 saturated heterocycles. The van der Waals surface area contributed by atoms with E-state index in [2.05, 4.69) is 271 Å². The molecule has 0 radical (unpaired) electrons. The molecule has 0 spiro atoms. The summed E-state index contributed by atoms with van der Waals surface area (Å²) in [6.07, 6.45) is 3.53. The molecule has 0 fully saturated rings. The Kier molecular flexibility index (Phi) is 8.90. The summed E-state index contributed by atoms with van der Waals surface area (Å²) >= 11 is 0. The van der Waals surface area contributed by atoms with Crippen molar-refractivity contribution in [3.05, 3.63) is 259 Å². The third-order valence-corrected chi connectivity index (χ3v) is 18.1. The fourth-order valence-electron chi connectivity index (χ4n) is 14.3. The van der Waals surface area contributed by atoms with Gasteiger partial charge in [0.2, 0.25) is 0 Å². The van der Waals surface area contributed by atoms with Gasteiger partial charge in [-0.3, -0.25) is 9.97 Å². The van der Waals surface area contributed by atoms with Crippen LogP contribution in [0, 0.1) is 0 Å². The monoisotopic (exact) mass is 1010 g/mol. The maximum Gasteiger partial charge on any atom is 0.0907 e. The van der Waals surface area contributed by atoms with E-state index in [0.29, 0.717) is 0 Å². The Morgan fingerprint density at radius 1 is 0.266 bits per heavy atom. The summed E-state index contributed by atoms with van der Waals surface area (Å²) in [6.45, 7) is 9.45. The lowest BCUT2D eigenvalue weighted by Gasteiger charge is -2.22. The molecule has 0 bridgehead atoms. The van der Waals surface area contributed by atoms with E-state index >= 15 is 0 Å². The Morgan fingerprint density at radius 3 is 1.06 bits per heavy atom. The van der Waals surface area contributed by atoms with E-state index in [9.17, 15) is 0 Å². The standard InChI is InChI=1S/C74H51N5/c1-73(2)61-17-9-5-13-51(61)53-28-25-48(41-63(53)73)77-67-19-11-7-15-55(67)57-37-44(21-31-69(57)77)46-23-33-71-59(39-46)60-40-47(24-34-72(60)79(71)50-27-30-65-66(43-50)76-36-35-75-65)45-22-32-70-58(38-45)56-16-8-12-20-68(56)78(70)49-26-29-54-52-14-6-10-18-62(52)74(3,4)64(54)42-49/h5-43H,1-4H3. The Bertz CT molecular complexity index is 4870. The summed E-state index contributed by atoms with van der Waals surface area (Å²) in [5.74, 6) is 0. The van der Waals surface area contributed by atoms with Crippen LogP contribution in [0.3, 0.4) is 0 Å². The zero-order valence-corrected chi connectivity index (χ0v) is 44.3. The van der Waals surface area contributed by atoms with Crippen molar-refractivity contribution in [2.75, 3.05) is 0 Å². The van der Waals surface area contributed by atoms with Crippen LogP contribution in [-0.4, -0.2) is 23.7 Å². The Hall–Kier alpha value is -9.84. The van der Waals surface area contributed by atoms with E-state index < -0.39 is 0 Å². The largest absolute Gasteiger partial charge is 0.309 e. The summed E-state index contributed by atoms with van der Waals surface area (Å²) < 4.78 is 7.32. The first-order chi connectivity index (χ1) is 38.7. The Balaban J connectivity index is 0.817. The van der Waals surface area contributed by atoms with E-state index in [1.165, 1.54) is 133 Å². The van der Waals surface area contributed by atoms with Gasteiger partial charge in [-0.25, -0.2) is 0 Å². The molecule has 0 saturated carbocycles. The third kappa shape index (κ3) is 6.16.